The number of piperazine rings is 1. The molecule has 7 nitrogen and oxygen atoms in total. The van der Waals surface area contributed by atoms with Gasteiger partial charge in [0, 0.05) is 57.7 Å². The minimum absolute atomic E-state index is 0. The van der Waals surface area contributed by atoms with Gasteiger partial charge < -0.3 is 20.0 Å². The lowest BCUT2D eigenvalue weighted by atomic mass is 10.2. The number of anilines is 1. The third-order valence-corrected chi connectivity index (χ3v) is 5.41. The molecule has 1 saturated heterocycles. The number of nitrogens with one attached hydrogen (secondary N) is 1. The number of hydrogen-bond acceptors (Lipinski definition) is 5. The van der Waals surface area contributed by atoms with Crippen molar-refractivity contribution in [2.24, 2.45) is 4.99 Å². The number of likely N-dealkylation sites (N-methyl/N-ethyl adjacent to an activating group) is 1. The maximum Gasteiger partial charge on any atom is 0.225 e. The summed E-state index contributed by atoms with van der Waals surface area (Å²) in [5.41, 5.74) is 0. The molecule has 1 aromatic heterocycles. The number of guanidine groups is 1. The Bertz CT molecular complexity index is 554. The fourth-order valence-corrected chi connectivity index (χ4v) is 3.84. The monoisotopic (exact) mass is 487 g/mol. The van der Waals surface area contributed by atoms with Crippen molar-refractivity contribution >= 4 is 35.9 Å². The SMILES string of the molecule is CCNC(=NCCN(C)C1CCCC1)N1CCN(c2ncccn2)CC1.I. The molecule has 2 heterocycles. The summed E-state index contributed by atoms with van der Waals surface area (Å²) in [6.45, 7) is 8.68. The van der Waals surface area contributed by atoms with Crippen molar-refractivity contribution in [1.29, 1.82) is 0 Å². The lowest BCUT2D eigenvalue weighted by molar-refractivity contribution is 0.252. The molecule has 0 radical (unpaired) electrons. The van der Waals surface area contributed by atoms with Crippen LogP contribution in [0, 0.1) is 0 Å². The van der Waals surface area contributed by atoms with Crippen LogP contribution in [0.15, 0.2) is 23.5 Å². The van der Waals surface area contributed by atoms with Crippen LogP contribution in [0.4, 0.5) is 5.95 Å². The van der Waals surface area contributed by atoms with Crippen molar-refractivity contribution in [2.75, 3.05) is 57.8 Å². The van der Waals surface area contributed by atoms with Crippen LogP contribution in [-0.4, -0.2) is 84.6 Å². The van der Waals surface area contributed by atoms with Gasteiger partial charge in [0.25, 0.3) is 0 Å². The molecule has 0 bridgehead atoms. The van der Waals surface area contributed by atoms with Crippen molar-refractivity contribution in [1.82, 2.24) is 25.1 Å². The van der Waals surface area contributed by atoms with Gasteiger partial charge in [0.15, 0.2) is 5.96 Å². The molecular formula is C19H34IN7. The second-order valence-electron chi connectivity index (χ2n) is 7.18. The van der Waals surface area contributed by atoms with E-state index in [0.29, 0.717) is 0 Å². The van der Waals surface area contributed by atoms with E-state index in [2.05, 4.69) is 44.0 Å². The Morgan fingerprint density at radius 1 is 1.19 bits per heavy atom. The molecular weight excluding hydrogens is 453 g/mol. The molecule has 8 heteroatoms. The summed E-state index contributed by atoms with van der Waals surface area (Å²) in [5, 5.41) is 3.46. The van der Waals surface area contributed by atoms with Crippen LogP contribution in [0.25, 0.3) is 0 Å². The average molecular weight is 487 g/mol. The predicted molar refractivity (Wildman–Crippen MR) is 122 cm³/mol. The highest BCUT2D eigenvalue weighted by atomic mass is 127. The van der Waals surface area contributed by atoms with Gasteiger partial charge in [0.1, 0.15) is 0 Å². The number of halogens is 1. The van der Waals surface area contributed by atoms with Gasteiger partial charge in [-0.1, -0.05) is 12.8 Å². The van der Waals surface area contributed by atoms with Crippen LogP contribution < -0.4 is 10.2 Å². The van der Waals surface area contributed by atoms with Crippen molar-refractivity contribution in [2.45, 2.75) is 38.6 Å². The third-order valence-electron chi connectivity index (χ3n) is 5.41. The first-order valence-electron chi connectivity index (χ1n) is 10.0. The van der Waals surface area contributed by atoms with Gasteiger partial charge in [-0.05, 0) is 32.9 Å². The highest BCUT2D eigenvalue weighted by molar-refractivity contribution is 14.0. The normalized spacial score (nSPS) is 18.7. The molecule has 1 aliphatic heterocycles. The van der Waals surface area contributed by atoms with Crippen LogP contribution in [0.5, 0.6) is 0 Å². The number of hydrogen-bond donors (Lipinski definition) is 1. The first-order chi connectivity index (χ1) is 12.8. The highest BCUT2D eigenvalue weighted by Crippen LogP contribution is 2.21. The summed E-state index contributed by atoms with van der Waals surface area (Å²) in [6.07, 6.45) is 9.09. The van der Waals surface area contributed by atoms with E-state index in [9.17, 15) is 0 Å². The summed E-state index contributed by atoms with van der Waals surface area (Å²) >= 11 is 0. The first kappa shape index (κ1) is 22.1. The van der Waals surface area contributed by atoms with Crippen molar-refractivity contribution < 1.29 is 0 Å². The molecule has 1 saturated carbocycles. The lowest BCUT2D eigenvalue weighted by Gasteiger charge is -2.36. The van der Waals surface area contributed by atoms with E-state index in [0.717, 1.165) is 63.8 Å². The number of nitrogens with zero attached hydrogens (tertiary/aromatic N) is 6. The lowest BCUT2D eigenvalue weighted by Crippen LogP contribution is -2.53. The second kappa shape index (κ2) is 11.6. The van der Waals surface area contributed by atoms with Gasteiger partial charge in [0.05, 0.1) is 6.54 Å². The molecule has 27 heavy (non-hydrogen) atoms. The predicted octanol–water partition coefficient (Wildman–Crippen LogP) is 2.06. The van der Waals surface area contributed by atoms with E-state index in [-0.39, 0.29) is 24.0 Å². The molecule has 2 fully saturated rings. The van der Waals surface area contributed by atoms with Gasteiger partial charge >= 0.3 is 0 Å². The summed E-state index contributed by atoms with van der Waals surface area (Å²) in [5.74, 6) is 1.87. The molecule has 0 atom stereocenters. The second-order valence-corrected chi connectivity index (χ2v) is 7.18. The molecule has 0 spiro atoms. The van der Waals surface area contributed by atoms with E-state index in [1.54, 1.807) is 12.4 Å². The van der Waals surface area contributed by atoms with Crippen LogP contribution in [0.1, 0.15) is 32.6 Å². The van der Waals surface area contributed by atoms with E-state index < -0.39 is 0 Å². The van der Waals surface area contributed by atoms with Crippen molar-refractivity contribution in [3.8, 4) is 0 Å². The van der Waals surface area contributed by atoms with Crippen LogP contribution in [0.2, 0.25) is 0 Å². The topological polar surface area (TPSA) is 59.9 Å². The zero-order valence-electron chi connectivity index (χ0n) is 16.7. The van der Waals surface area contributed by atoms with Crippen molar-refractivity contribution in [3.63, 3.8) is 0 Å². The largest absolute Gasteiger partial charge is 0.357 e. The zero-order chi connectivity index (χ0) is 18.2. The maximum absolute atomic E-state index is 4.89. The fraction of sp³-hybridized carbons (Fsp3) is 0.737. The summed E-state index contributed by atoms with van der Waals surface area (Å²) in [6, 6.07) is 2.63. The first-order valence-corrected chi connectivity index (χ1v) is 10.0. The van der Waals surface area contributed by atoms with E-state index in [1.807, 2.05) is 6.07 Å². The van der Waals surface area contributed by atoms with Crippen LogP contribution in [-0.2, 0) is 0 Å². The minimum atomic E-state index is 0. The van der Waals surface area contributed by atoms with E-state index >= 15 is 0 Å². The zero-order valence-corrected chi connectivity index (χ0v) is 19.0. The van der Waals surface area contributed by atoms with Gasteiger partial charge in [0.2, 0.25) is 5.95 Å². The molecule has 0 aromatic carbocycles. The summed E-state index contributed by atoms with van der Waals surface area (Å²) in [4.78, 5) is 20.7. The minimum Gasteiger partial charge on any atom is -0.357 e. The number of aromatic nitrogens is 2. The van der Waals surface area contributed by atoms with Crippen LogP contribution in [0.3, 0.4) is 0 Å². The smallest absolute Gasteiger partial charge is 0.225 e. The Balaban J connectivity index is 0.00000261. The highest BCUT2D eigenvalue weighted by Gasteiger charge is 2.22. The standard InChI is InChI=1S/C19H33N7.HI/c1-3-20-18(23-11-12-24(2)17-7-4-5-8-17)25-13-15-26(16-14-25)19-21-9-6-10-22-19;/h6,9-10,17H,3-5,7-8,11-16H2,1-2H3,(H,20,23);1H. The maximum atomic E-state index is 4.89. The Hall–Kier alpha value is -1.16. The van der Waals surface area contributed by atoms with Gasteiger partial charge in [-0.15, -0.1) is 24.0 Å². The quantitative estimate of drug-likeness (QED) is 0.377. The summed E-state index contributed by atoms with van der Waals surface area (Å²) in [7, 11) is 2.25. The molecule has 1 N–H and O–H groups in total. The molecule has 0 unspecified atom stereocenters. The molecule has 1 aliphatic carbocycles. The average Bonchev–Trinajstić information content (AvgIpc) is 3.23. The van der Waals surface area contributed by atoms with Gasteiger partial charge in [-0.25, -0.2) is 9.97 Å². The molecule has 3 rings (SSSR count). The molecule has 2 aliphatic rings. The van der Waals surface area contributed by atoms with Gasteiger partial charge in [-0.2, -0.15) is 0 Å². The summed E-state index contributed by atoms with van der Waals surface area (Å²) < 4.78 is 0. The van der Waals surface area contributed by atoms with Crippen LogP contribution >= 0.6 is 24.0 Å². The Morgan fingerprint density at radius 2 is 1.85 bits per heavy atom. The van der Waals surface area contributed by atoms with E-state index in [4.69, 9.17) is 4.99 Å². The van der Waals surface area contributed by atoms with Gasteiger partial charge in [-0.3, -0.25) is 4.99 Å². The van der Waals surface area contributed by atoms with Crippen molar-refractivity contribution in [3.05, 3.63) is 18.5 Å². The Kier molecular flexibility index (Phi) is 9.53. The Labute approximate surface area is 180 Å². The molecule has 152 valence electrons. The fourth-order valence-electron chi connectivity index (χ4n) is 3.84. The molecule has 1 aromatic rings. The van der Waals surface area contributed by atoms with E-state index in [1.165, 1.54) is 25.7 Å². The molecule has 0 amide bonds. The third kappa shape index (κ3) is 6.44. The number of rotatable bonds is 6. The Morgan fingerprint density at radius 3 is 2.48 bits per heavy atom. The number of aliphatic imine (C=N–C) groups is 1.